The van der Waals surface area contributed by atoms with Crippen molar-refractivity contribution in [2.75, 3.05) is 0 Å². The van der Waals surface area contributed by atoms with Crippen molar-refractivity contribution in [1.29, 1.82) is 0 Å². The first-order chi connectivity index (χ1) is 16.5. The lowest BCUT2D eigenvalue weighted by Gasteiger charge is -2.19. The molecule has 2 heterocycles. The van der Waals surface area contributed by atoms with Gasteiger partial charge in [0.05, 0.1) is 12.6 Å². The first kappa shape index (κ1) is 26.2. The molecule has 35 heavy (non-hydrogen) atoms. The number of nitrogens with zero attached hydrogens (tertiary/aromatic N) is 4. The van der Waals surface area contributed by atoms with E-state index in [0.717, 1.165) is 5.56 Å². The normalized spacial score (nSPS) is 12.6. The summed E-state index contributed by atoms with van der Waals surface area (Å²) in [5, 5.41) is 12.2. The van der Waals surface area contributed by atoms with Crippen molar-refractivity contribution in [3.8, 4) is 0 Å². The molecule has 0 aliphatic rings. The van der Waals surface area contributed by atoms with E-state index in [1.54, 1.807) is 39.3 Å². The zero-order valence-electron chi connectivity index (χ0n) is 21.1. The van der Waals surface area contributed by atoms with Gasteiger partial charge >= 0.3 is 11.8 Å². The number of imidazole rings is 1. The van der Waals surface area contributed by atoms with Gasteiger partial charge in [0.15, 0.2) is 11.2 Å². The smallest absolute Gasteiger partial charge is 0.408 e. The number of hydrogen-bond acceptors (Lipinski definition) is 6. The zero-order valence-corrected chi connectivity index (χ0v) is 21.1. The van der Waals surface area contributed by atoms with E-state index in [2.05, 4.69) is 10.3 Å². The SMILES string of the molecule is CC(O)CCCCn1c(=O)c2c(nc(CNC(=O)OC(C)(C)C)n2Cc2ccccc2)n(C)c1=O. The maximum atomic E-state index is 13.5. The minimum absolute atomic E-state index is 0.0262. The second-order valence-electron chi connectivity index (χ2n) is 9.77. The maximum absolute atomic E-state index is 13.5. The average molecular weight is 486 g/mol. The van der Waals surface area contributed by atoms with Gasteiger partial charge in [-0.1, -0.05) is 30.3 Å². The van der Waals surface area contributed by atoms with Gasteiger partial charge in [0.1, 0.15) is 11.4 Å². The van der Waals surface area contributed by atoms with Crippen LogP contribution in [-0.2, 0) is 31.4 Å². The number of aliphatic hydroxyl groups is 1. The van der Waals surface area contributed by atoms with Crippen molar-refractivity contribution in [3.63, 3.8) is 0 Å². The topological polar surface area (TPSA) is 120 Å². The first-order valence-corrected chi connectivity index (χ1v) is 11.9. The summed E-state index contributed by atoms with van der Waals surface area (Å²) in [6.45, 7) is 7.66. The molecule has 1 atom stereocenters. The maximum Gasteiger partial charge on any atom is 0.408 e. The summed E-state index contributed by atoms with van der Waals surface area (Å²) in [7, 11) is 1.58. The highest BCUT2D eigenvalue weighted by Gasteiger charge is 2.22. The number of aryl methyl sites for hydroxylation is 1. The predicted octanol–water partition coefficient (Wildman–Crippen LogP) is 2.52. The summed E-state index contributed by atoms with van der Waals surface area (Å²) in [6, 6.07) is 9.60. The number of hydrogen-bond donors (Lipinski definition) is 2. The Bertz CT molecular complexity index is 1280. The second-order valence-corrected chi connectivity index (χ2v) is 9.77. The van der Waals surface area contributed by atoms with Crippen molar-refractivity contribution in [2.24, 2.45) is 7.05 Å². The van der Waals surface area contributed by atoms with Gasteiger partial charge in [0.2, 0.25) is 0 Å². The molecule has 0 aliphatic heterocycles. The van der Waals surface area contributed by atoms with Gasteiger partial charge in [0, 0.05) is 20.1 Å². The molecule has 10 nitrogen and oxygen atoms in total. The Morgan fingerprint density at radius 1 is 1.14 bits per heavy atom. The van der Waals surface area contributed by atoms with Gasteiger partial charge in [0.25, 0.3) is 5.56 Å². The Hall–Kier alpha value is -3.40. The highest BCUT2D eigenvalue weighted by Crippen LogP contribution is 2.15. The number of ether oxygens (including phenoxy) is 1. The van der Waals surface area contributed by atoms with Crippen molar-refractivity contribution < 1.29 is 14.6 Å². The van der Waals surface area contributed by atoms with E-state index in [1.807, 2.05) is 30.3 Å². The molecule has 1 unspecified atom stereocenters. The zero-order chi connectivity index (χ0) is 25.8. The van der Waals surface area contributed by atoms with Crippen LogP contribution in [0.1, 0.15) is 58.3 Å². The molecule has 3 rings (SSSR count). The monoisotopic (exact) mass is 485 g/mol. The molecular formula is C25H35N5O5. The number of nitrogens with one attached hydrogen (secondary N) is 1. The summed E-state index contributed by atoms with van der Waals surface area (Å²) in [5.41, 5.74) is -0.0194. The van der Waals surface area contributed by atoms with Crippen LogP contribution in [0.3, 0.4) is 0 Å². The Balaban J connectivity index is 2.04. The lowest BCUT2D eigenvalue weighted by molar-refractivity contribution is 0.0521. The lowest BCUT2D eigenvalue weighted by Crippen LogP contribution is -2.39. The number of aliphatic hydroxyl groups excluding tert-OH is 1. The fraction of sp³-hybridized carbons (Fsp3) is 0.520. The van der Waals surface area contributed by atoms with E-state index in [9.17, 15) is 19.5 Å². The summed E-state index contributed by atoms with van der Waals surface area (Å²) in [4.78, 5) is 43.3. The number of amides is 1. The lowest BCUT2D eigenvalue weighted by atomic mass is 10.2. The van der Waals surface area contributed by atoms with Crippen LogP contribution in [0.2, 0.25) is 0 Å². The third-order valence-corrected chi connectivity index (χ3v) is 5.54. The molecule has 0 saturated heterocycles. The van der Waals surface area contributed by atoms with Gasteiger partial charge < -0.3 is 19.7 Å². The van der Waals surface area contributed by atoms with Crippen LogP contribution in [-0.4, -0.2) is 41.6 Å². The first-order valence-electron chi connectivity index (χ1n) is 11.9. The van der Waals surface area contributed by atoms with Gasteiger partial charge in [-0.2, -0.15) is 0 Å². The van der Waals surface area contributed by atoms with E-state index in [-0.39, 0.29) is 18.7 Å². The molecule has 0 radical (unpaired) electrons. The number of unbranched alkanes of at least 4 members (excludes halogenated alkanes) is 1. The minimum Gasteiger partial charge on any atom is -0.444 e. The molecule has 0 bridgehead atoms. The van der Waals surface area contributed by atoms with Crippen molar-refractivity contribution in [3.05, 3.63) is 62.6 Å². The standard InChI is InChI=1S/C25H35N5O5/c1-17(31)11-9-10-14-29-22(32)20-21(28(5)24(29)34)27-19(15-26-23(33)35-25(2,3)4)30(20)16-18-12-7-6-8-13-18/h6-8,12-13,17,31H,9-11,14-16H2,1-5H3,(H,26,33). The van der Waals surface area contributed by atoms with E-state index < -0.39 is 29.0 Å². The predicted molar refractivity (Wildman–Crippen MR) is 133 cm³/mol. The van der Waals surface area contributed by atoms with Gasteiger partial charge in [-0.15, -0.1) is 0 Å². The van der Waals surface area contributed by atoms with Gasteiger partial charge in [-0.05, 0) is 52.5 Å². The number of benzene rings is 1. The molecule has 0 saturated carbocycles. The quantitative estimate of drug-likeness (QED) is 0.450. The van der Waals surface area contributed by atoms with Crippen molar-refractivity contribution in [1.82, 2.24) is 24.0 Å². The van der Waals surface area contributed by atoms with Crippen LogP contribution in [0.4, 0.5) is 4.79 Å². The highest BCUT2D eigenvalue weighted by molar-refractivity contribution is 5.72. The highest BCUT2D eigenvalue weighted by atomic mass is 16.6. The van der Waals surface area contributed by atoms with E-state index in [4.69, 9.17) is 4.74 Å². The molecule has 0 aliphatic carbocycles. The molecule has 3 aromatic rings. The van der Waals surface area contributed by atoms with Crippen LogP contribution in [0.5, 0.6) is 0 Å². The van der Waals surface area contributed by atoms with Crippen LogP contribution in [0.25, 0.3) is 11.2 Å². The number of carbonyl (C=O) groups excluding carboxylic acids is 1. The van der Waals surface area contributed by atoms with E-state index in [1.165, 1.54) is 9.13 Å². The van der Waals surface area contributed by atoms with Crippen LogP contribution < -0.4 is 16.6 Å². The Morgan fingerprint density at radius 3 is 2.46 bits per heavy atom. The van der Waals surface area contributed by atoms with E-state index in [0.29, 0.717) is 37.1 Å². The van der Waals surface area contributed by atoms with Gasteiger partial charge in [-0.3, -0.25) is 13.9 Å². The summed E-state index contributed by atoms with van der Waals surface area (Å²) in [6.07, 6.45) is 0.860. The minimum atomic E-state index is -0.653. The number of aromatic nitrogens is 4. The van der Waals surface area contributed by atoms with Crippen LogP contribution >= 0.6 is 0 Å². The fourth-order valence-corrected chi connectivity index (χ4v) is 3.86. The Labute approximate surface area is 204 Å². The van der Waals surface area contributed by atoms with Crippen molar-refractivity contribution >= 4 is 17.3 Å². The third kappa shape index (κ3) is 6.60. The molecule has 0 spiro atoms. The summed E-state index contributed by atoms with van der Waals surface area (Å²) >= 11 is 0. The Morgan fingerprint density at radius 2 is 1.83 bits per heavy atom. The van der Waals surface area contributed by atoms with Crippen LogP contribution in [0.15, 0.2) is 39.9 Å². The third-order valence-electron chi connectivity index (χ3n) is 5.54. The average Bonchev–Trinajstić information content (AvgIpc) is 3.13. The fourth-order valence-electron chi connectivity index (χ4n) is 3.86. The van der Waals surface area contributed by atoms with Crippen molar-refractivity contribution in [2.45, 2.75) is 78.3 Å². The number of rotatable bonds is 9. The molecule has 190 valence electrons. The Kier molecular flexibility index (Phi) is 8.16. The molecule has 1 aromatic carbocycles. The molecular weight excluding hydrogens is 450 g/mol. The molecule has 1 amide bonds. The van der Waals surface area contributed by atoms with E-state index >= 15 is 0 Å². The molecule has 10 heteroatoms. The number of carbonyl (C=O) groups is 1. The second kappa shape index (κ2) is 10.9. The largest absolute Gasteiger partial charge is 0.444 e. The number of fused-ring (bicyclic) bond motifs is 1. The molecule has 2 N–H and O–H groups in total. The van der Waals surface area contributed by atoms with Gasteiger partial charge in [-0.25, -0.2) is 14.6 Å². The molecule has 2 aromatic heterocycles. The summed E-state index contributed by atoms with van der Waals surface area (Å²) < 4.78 is 9.66. The summed E-state index contributed by atoms with van der Waals surface area (Å²) in [5.74, 6) is 0.439. The molecule has 0 fully saturated rings. The number of alkyl carbamates (subject to hydrolysis) is 1. The van der Waals surface area contributed by atoms with Crippen LogP contribution in [0, 0.1) is 0 Å².